The van der Waals surface area contributed by atoms with Crippen LogP contribution in [0.15, 0.2) is 24.3 Å². The highest BCUT2D eigenvalue weighted by molar-refractivity contribution is 6.56. The molecular formula is C9H11AlO. The molecule has 2 heteroatoms. The molecule has 0 heterocycles. The predicted molar refractivity (Wildman–Crippen MR) is 48.8 cm³/mol. The van der Waals surface area contributed by atoms with Crippen molar-refractivity contribution in [1.29, 1.82) is 0 Å². The lowest BCUT2D eigenvalue weighted by atomic mass is 10.2. The van der Waals surface area contributed by atoms with Crippen molar-refractivity contribution in [3.8, 4) is 0 Å². The molecule has 0 atom stereocenters. The summed E-state index contributed by atoms with van der Waals surface area (Å²) in [5, 5.41) is 0.767. The first-order valence-corrected chi connectivity index (χ1v) is 5.53. The lowest BCUT2D eigenvalue weighted by Crippen LogP contribution is -2.12. The number of rotatable bonds is 3. The van der Waals surface area contributed by atoms with Gasteiger partial charge in [-0.05, 0) is 12.2 Å². The smallest absolute Gasteiger partial charge is 0.291 e. The van der Waals surface area contributed by atoms with E-state index in [2.05, 4.69) is 31.2 Å². The summed E-state index contributed by atoms with van der Waals surface area (Å²) in [5.41, 5.74) is 1.29. The predicted octanol–water partition coefficient (Wildman–Crippen LogP) is 0.674. The minimum atomic E-state index is -0.295. The monoisotopic (exact) mass is 162 g/mol. The van der Waals surface area contributed by atoms with E-state index in [0.717, 1.165) is 11.6 Å². The third-order valence-electron chi connectivity index (χ3n) is 1.67. The molecule has 0 aliphatic rings. The van der Waals surface area contributed by atoms with Crippen LogP contribution in [0.2, 0.25) is 5.28 Å². The molecule has 0 aromatic heterocycles. The summed E-state index contributed by atoms with van der Waals surface area (Å²) in [4.78, 5) is 10.1. The van der Waals surface area contributed by atoms with Gasteiger partial charge in [0.25, 0.3) is 15.2 Å². The highest BCUT2D eigenvalue weighted by atomic mass is 27.1. The van der Waals surface area contributed by atoms with Gasteiger partial charge in [0.05, 0.1) is 0 Å². The lowest BCUT2D eigenvalue weighted by molar-refractivity contribution is -0.106. The average molecular weight is 162 g/mol. The van der Waals surface area contributed by atoms with Gasteiger partial charge >= 0.3 is 0 Å². The summed E-state index contributed by atoms with van der Waals surface area (Å²) in [6.07, 6.45) is 1.02. The van der Waals surface area contributed by atoms with Crippen LogP contribution in [-0.2, 0) is 4.79 Å². The standard InChI is InChI=1S/C7H7.C2H3O.Al.H/c1-7-5-3-2-4-6-7;1-2-3;;/h3-6H,1H3;2H,1H2;;. The van der Waals surface area contributed by atoms with Crippen LogP contribution >= 0.6 is 0 Å². The maximum absolute atomic E-state index is 10.1. The molecule has 0 fully saturated rings. The van der Waals surface area contributed by atoms with Gasteiger partial charge in [0.1, 0.15) is 6.29 Å². The normalized spacial score (nSPS) is 9.18. The van der Waals surface area contributed by atoms with Gasteiger partial charge in [-0.2, -0.15) is 0 Å². The number of hydrogen-bond acceptors (Lipinski definition) is 1. The van der Waals surface area contributed by atoms with Gasteiger partial charge in [0, 0.05) is 0 Å². The van der Waals surface area contributed by atoms with E-state index in [4.69, 9.17) is 0 Å². The summed E-state index contributed by atoms with van der Waals surface area (Å²) in [5.74, 6) is 0. The maximum atomic E-state index is 10.1. The minimum Gasteiger partial charge on any atom is -0.305 e. The fourth-order valence-electron chi connectivity index (χ4n) is 0.980. The highest BCUT2D eigenvalue weighted by Crippen LogP contribution is 1.92. The van der Waals surface area contributed by atoms with Crippen molar-refractivity contribution >= 4 is 25.9 Å². The van der Waals surface area contributed by atoms with Gasteiger partial charge in [0.15, 0.2) is 0 Å². The molecule has 0 aliphatic heterocycles. The van der Waals surface area contributed by atoms with Crippen molar-refractivity contribution in [2.45, 2.75) is 12.2 Å². The van der Waals surface area contributed by atoms with E-state index in [9.17, 15) is 4.79 Å². The van der Waals surface area contributed by atoms with Crippen molar-refractivity contribution in [3.63, 3.8) is 0 Å². The second kappa shape index (κ2) is 4.33. The number of aryl methyl sites for hydroxylation is 1. The van der Waals surface area contributed by atoms with Crippen LogP contribution < -0.4 is 4.43 Å². The summed E-state index contributed by atoms with van der Waals surface area (Å²) in [7, 11) is 0. The second-order valence-corrected chi connectivity index (χ2v) is 4.58. The lowest BCUT2D eigenvalue weighted by Gasteiger charge is -1.95. The van der Waals surface area contributed by atoms with Crippen molar-refractivity contribution < 1.29 is 4.79 Å². The first kappa shape index (κ1) is 8.52. The fraction of sp³-hybridized carbons (Fsp3) is 0.222. The molecule has 1 nitrogen and oxygen atoms in total. The van der Waals surface area contributed by atoms with Crippen molar-refractivity contribution in [1.82, 2.24) is 0 Å². The molecule has 0 amide bonds. The van der Waals surface area contributed by atoms with Crippen LogP contribution in [0, 0.1) is 6.92 Å². The van der Waals surface area contributed by atoms with Gasteiger partial charge in [-0.1, -0.05) is 29.8 Å². The first-order valence-electron chi connectivity index (χ1n) is 3.82. The second-order valence-electron chi connectivity index (χ2n) is 2.69. The molecule has 1 aromatic rings. The Morgan fingerprint density at radius 2 is 2.00 bits per heavy atom. The largest absolute Gasteiger partial charge is 0.305 e. The topological polar surface area (TPSA) is 17.1 Å². The molecule has 0 saturated carbocycles. The van der Waals surface area contributed by atoms with E-state index in [1.165, 1.54) is 9.99 Å². The molecule has 0 unspecified atom stereocenters. The molecule has 0 aliphatic carbocycles. The van der Waals surface area contributed by atoms with E-state index in [0.29, 0.717) is 0 Å². The van der Waals surface area contributed by atoms with E-state index in [1.807, 2.05) is 0 Å². The van der Waals surface area contributed by atoms with Crippen LogP contribution in [0.5, 0.6) is 0 Å². The Bertz CT molecular complexity index is 228. The van der Waals surface area contributed by atoms with E-state index >= 15 is 0 Å². The summed E-state index contributed by atoms with van der Waals surface area (Å²) in [6, 6.07) is 8.47. The summed E-state index contributed by atoms with van der Waals surface area (Å²) < 4.78 is 1.38. The number of carbonyl (C=O) groups excluding carboxylic acids is 1. The van der Waals surface area contributed by atoms with Gasteiger partial charge in [-0.15, -0.1) is 4.43 Å². The first-order chi connectivity index (χ1) is 5.33. The Hall–Kier alpha value is -0.578. The summed E-state index contributed by atoms with van der Waals surface area (Å²) in [6.45, 7) is 2.07. The van der Waals surface area contributed by atoms with Crippen molar-refractivity contribution in [2.24, 2.45) is 0 Å². The number of carbonyl (C=O) groups is 1. The molecule has 0 N–H and O–H groups in total. The number of hydrogen-bond donors (Lipinski definition) is 0. The number of aldehydes is 1. The van der Waals surface area contributed by atoms with Crippen molar-refractivity contribution in [3.05, 3.63) is 29.8 Å². The quantitative estimate of drug-likeness (QED) is 0.471. The van der Waals surface area contributed by atoms with Gasteiger partial charge in [0.2, 0.25) is 0 Å². The van der Waals surface area contributed by atoms with Gasteiger partial charge < -0.3 is 4.79 Å². The van der Waals surface area contributed by atoms with E-state index in [-0.39, 0.29) is 15.2 Å². The van der Waals surface area contributed by atoms with Crippen LogP contribution in [-0.4, -0.2) is 21.5 Å². The van der Waals surface area contributed by atoms with Crippen LogP contribution in [0.1, 0.15) is 5.56 Å². The van der Waals surface area contributed by atoms with E-state index in [1.54, 1.807) is 0 Å². The Labute approximate surface area is 73.1 Å². The molecule has 56 valence electrons. The van der Waals surface area contributed by atoms with Gasteiger partial charge in [-0.25, -0.2) is 0 Å². The highest BCUT2D eigenvalue weighted by Gasteiger charge is 1.94. The Kier molecular flexibility index (Phi) is 3.35. The van der Waals surface area contributed by atoms with Crippen molar-refractivity contribution in [2.75, 3.05) is 0 Å². The molecule has 1 rings (SSSR count). The molecule has 0 radical (unpaired) electrons. The zero-order chi connectivity index (χ0) is 8.10. The van der Waals surface area contributed by atoms with Crippen LogP contribution in [0.4, 0.5) is 0 Å². The maximum Gasteiger partial charge on any atom is 0.291 e. The molecule has 0 spiro atoms. The Morgan fingerprint density at radius 3 is 2.55 bits per heavy atom. The molecule has 0 saturated heterocycles. The average Bonchev–Trinajstić information content (AvgIpc) is 2.04. The zero-order valence-electron chi connectivity index (χ0n) is 6.71. The fourth-order valence-corrected chi connectivity index (χ4v) is 2.00. The molecule has 1 aromatic carbocycles. The Morgan fingerprint density at radius 1 is 1.36 bits per heavy atom. The van der Waals surface area contributed by atoms with E-state index < -0.39 is 0 Å². The zero-order valence-corrected chi connectivity index (χ0v) is 8.12. The van der Waals surface area contributed by atoms with Crippen LogP contribution in [0.25, 0.3) is 0 Å². The van der Waals surface area contributed by atoms with Gasteiger partial charge in [-0.3, -0.25) is 0 Å². The molecule has 11 heavy (non-hydrogen) atoms. The third-order valence-corrected chi connectivity index (χ3v) is 3.24. The molecular weight excluding hydrogens is 151 g/mol. The Balaban J connectivity index is 2.58. The SMILES string of the molecule is Cc1cc[c]([AlH][CH2]C=O)cc1. The minimum absolute atomic E-state index is 0.295. The molecule has 0 bridgehead atoms. The summed E-state index contributed by atoms with van der Waals surface area (Å²) >= 11 is -0.295. The third kappa shape index (κ3) is 2.88. The van der Waals surface area contributed by atoms with Crippen LogP contribution in [0.3, 0.4) is 0 Å². The number of benzene rings is 1.